The molecule has 0 spiro atoms. The van der Waals surface area contributed by atoms with Gasteiger partial charge in [-0.15, -0.1) is 0 Å². The lowest BCUT2D eigenvalue weighted by Crippen LogP contribution is -2.34. The summed E-state index contributed by atoms with van der Waals surface area (Å²) in [5.74, 6) is -0.170. The van der Waals surface area contributed by atoms with Gasteiger partial charge in [-0.3, -0.25) is 9.59 Å². The highest BCUT2D eigenvalue weighted by atomic mass is 16.2. The maximum Gasteiger partial charge on any atom is 0.255 e. The fourth-order valence-corrected chi connectivity index (χ4v) is 3.34. The molecule has 1 aliphatic heterocycles. The van der Waals surface area contributed by atoms with E-state index >= 15 is 0 Å². The first-order valence-electron chi connectivity index (χ1n) is 9.87. The average Bonchev–Trinajstić information content (AvgIpc) is 2.69. The van der Waals surface area contributed by atoms with Crippen molar-refractivity contribution in [2.45, 2.75) is 39.0 Å². The maximum absolute atomic E-state index is 12.7. The first kappa shape index (κ1) is 20.1. The molecular weight excluding hydrogens is 350 g/mol. The minimum Gasteiger partial charge on any atom is -0.324 e. The first-order chi connectivity index (χ1) is 13.3. The summed E-state index contributed by atoms with van der Waals surface area (Å²) in [6.07, 6.45) is 1.67. The molecule has 3 rings (SSSR count). The zero-order valence-electron chi connectivity index (χ0n) is 16.8. The number of benzene rings is 2. The first-order valence-corrected chi connectivity index (χ1v) is 9.87. The summed E-state index contributed by atoms with van der Waals surface area (Å²) in [6, 6.07) is 15.0. The molecule has 2 amide bonds. The molecule has 1 heterocycles. The van der Waals surface area contributed by atoms with Gasteiger partial charge in [0, 0.05) is 11.5 Å². The second-order valence-corrected chi connectivity index (χ2v) is 8.34. The standard InChI is InChI=1S/C23H29N3O2/c1-23(2,3)18-10-8-16(9-11-18)21(27)25-19-6-4-5-7-20(19)26-22(28)17-12-14-24-15-13-17/h4-11,17,24H,12-15H2,1-3H3,(H,25,27)(H,26,28). The molecule has 28 heavy (non-hydrogen) atoms. The van der Waals surface area contributed by atoms with Crippen LogP contribution >= 0.6 is 0 Å². The predicted octanol–water partition coefficient (Wildman–Crippen LogP) is 4.17. The molecule has 0 saturated carbocycles. The second-order valence-electron chi connectivity index (χ2n) is 8.34. The summed E-state index contributed by atoms with van der Waals surface area (Å²) in [4.78, 5) is 25.2. The molecule has 2 aromatic rings. The highest BCUT2D eigenvalue weighted by Crippen LogP contribution is 2.25. The third-order valence-electron chi connectivity index (χ3n) is 5.16. The Balaban J connectivity index is 1.70. The van der Waals surface area contributed by atoms with E-state index in [-0.39, 0.29) is 23.1 Å². The van der Waals surface area contributed by atoms with Gasteiger partial charge in [0.25, 0.3) is 5.91 Å². The molecule has 1 fully saturated rings. The lowest BCUT2D eigenvalue weighted by atomic mass is 9.87. The number of para-hydroxylation sites is 2. The van der Waals surface area contributed by atoms with Crippen LogP contribution in [0.3, 0.4) is 0 Å². The molecule has 5 heteroatoms. The number of carbonyl (C=O) groups excluding carboxylic acids is 2. The van der Waals surface area contributed by atoms with Crippen LogP contribution in [-0.4, -0.2) is 24.9 Å². The van der Waals surface area contributed by atoms with Crippen LogP contribution in [0.1, 0.15) is 49.5 Å². The third-order valence-corrected chi connectivity index (χ3v) is 5.16. The van der Waals surface area contributed by atoms with E-state index in [0.717, 1.165) is 25.9 Å². The van der Waals surface area contributed by atoms with Gasteiger partial charge in [0.1, 0.15) is 0 Å². The molecule has 2 aromatic carbocycles. The van der Waals surface area contributed by atoms with Crippen molar-refractivity contribution in [2.75, 3.05) is 23.7 Å². The summed E-state index contributed by atoms with van der Waals surface area (Å²) in [5.41, 5.74) is 3.05. The number of piperidine rings is 1. The van der Waals surface area contributed by atoms with Crippen LogP contribution in [0.2, 0.25) is 0 Å². The lowest BCUT2D eigenvalue weighted by molar-refractivity contribution is -0.120. The Kier molecular flexibility index (Phi) is 6.15. The Morgan fingerprint density at radius 1 is 0.893 bits per heavy atom. The van der Waals surface area contributed by atoms with Gasteiger partial charge < -0.3 is 16.0 Å². The van der Waals surface area contributed by atoms with Crippen molar-refractivity contribution in [1.29, 1.82) is 0 Å². The van der Waals surface area contributed by atoms with E-state index in [9.17, 15) is 9.59 Å². The van der Waals surface area contributed by atoms with Crippen LogP contribution in [0.25, 0.3) is 0 Å². The Labute approximate surface area is 166 Å². The van der Waals surface area contributed by atoms with E-state index < -0.39 is 0 Å². The van der Waals surface area contributed by atoms with Crippen LogP contribution in [0.5, 0.6) is 0 Å². The van der Waals surface area contributed by atoms with Crippen LogP contribution < -0.4 is 16.0 Å². The Morgan fingerprint density at radius 3 is 2.04 bits per heavy atom. The summed E-state index contributed by atoms with van der Waals surface area (Å²) in [6.45, 7) is 8.15. The van der Waals surface area contributed by atoms with Crippen molar-refractivity contribution in [3.05, 3.63) is 59.7 Å². The Morgan fingerprint density at radius 2 is 1.46 bits per heavy atom. The second kappa shape index (κ2) is 8.57. The molecule has 0 aliphatic carbocycles. The van der Waals surface area contributed by atoms with E-state index in [1.807, 2.05) is 42.5 Å². The van der Waals surface area contributed by atoms with E-state index in [0.29, 0.717) is 16.9 Å². The fraction of sp³-hybridized carbons (Fsp3) is 0.391. The summed E-state index contributed by atoms with van der Waals surface area (Å²) in [7, 11) is 0. The number of hydrogen-bond donors (Lipinski definition) is 3. The number of amides is 2. The number of rotatable bonds is 4. The average molecular weight is 380 g/mol. The largest absolute Gasteiger partial charge is 0.324 e. The van der Waals surface area contributed by atoms with Crippen molar-refractivity contribution in [3.8, 4) is 0 Å². The molecule has 148 valence electrons. The predicted molar refractivity (Wildman–Crippen MR) is 114 cm³/mol. The molecule has 3 N–H and O–H groups in total. The third kappa shape index (κ3) is 4.98. The summed E-state index contributed by atoms with van der Waals surface area (Å²) < 4.78 is 0. The van der Waals surface area contributed by atoms with Gasteiger partial charge in [0.15, 0.2) is 0 Å². The van der Waals surface area contributed by atoms with Crippen molar-refractivity contribution < 1.29 is 9.59 Å². The van der Waals surface area contributed by atoms with E-state index in [2.05, 4.69) is 36.7 Å². The quantitative estimate of drug-likeness (QED) is 0.746. The number of anilines is 2. The van der Waals surface area contributed by atoms with E-state index in [1.165, 1.54) is 5.56 Å². The monoisotopic (exact) mass is 379 g/mol. The van der Waals surface area contributed by atoms with E-state index in [1.54, 1.807) is 6.07 Å². The Bertz CT molecular complexity index is 832. The maximum atomic E-state index is 12.7. The van der Waals surface area contributed by atoms with Crippen LogP contribution in [0.4, 0.5) is 11.4 Å². The fourth-order valence-electron chi connectivity index (χ4n) is 3.34. The smallest absolute Gasteiger partial charge is 0.255 e. The van der Waals surface area contributed by atoms with Crippen LogP contribution in [-0.2, 0) is 10.2 Å². The van der Waals surface area contributed by atoms with Crippen LogP contribution in [0, 0.1) is 5.92 Å². The lowest BCUT2D eigenvalue weighted by Gasteiger charge is -2.22. The van der Waals surface area contributed by atoms with Gasteiger partial charge in [0.05, 0.1) is 11.4 Å². The van der Waals surface area contributed by atoms with Crippen LogP contribution in [0.15, 0.2) is 48.5 Å². The SMILES string of the molecule is CC(C)(C)c1ccc(C(=O)Nc2ccccc2NC(=O)C2CCNCC2)cc1. The van der Waals surface area contributed by atoms with Gasteiger partial charge in [-0.2, -0.15) is 0 Å². The van der Waals surface area contributed by atoms with Gasteiger partial charge in [-0.05, 0) is 61.2 Å². The van der Waals surface area contributed by atoms with Gasteiger partial charge in [-0.25, -0.2) is 0 Å². The van der Waals surface area contributed by atoms with Crippen molar-refractivity contribution in [2.24, 2.45) is 5.92 Å². The molecule has 0 unspecified atom stereocenters. The normalized spacial score (nSPS) is 15.1. The molecule has 1 aliphatic rings. The minimum absolute atomic E-state index is 0.00921. The molecular formula is C23H29N3O2. The van der Waals surface area contributed by atoms with Gasteiger partial charge in [0.2, 0.25) is 5.91 Å². The summed E-state index contributed by atoms with van der Waals surface area (Å²) >= 11 is 0. The minimum atomic E-state index is -0.191. The van der Waals surface area contributed by atoms with Crippen molar-refractivity contribution in [1.82, 2.24) is 5.32 Å². The molecule has 0 radical (unpaired) electrons. The number of carbonyl (C=O) groups is 2. The molecule has 0 atom stereocenters. The molecule has 0 aromatic heterocycles. The van der Waals surface area contributed by atoms with E-state index in [4.69, 9.17) is 0 Å². The molecule has 1 saturated heterocycles. The van der Waals surface area contributed by atoms with Crippen molar-refractivity contribution in [3.63, 3.8) is 0 Å². The topological polar surface area (TPSA) is 70.2 Å². The summed E-state index contributed by atoms with van der Waals surface area (Å²) in [5, 5.41) is 9.18. The van der Waals surface area contributed by atoms with Crippen molar-refractivity contribution >= 4 is 23.2 Å². The zero-order chi connectivity index (χ0) is 20.1. The number of nitrogens with one attached hydrogen (secondary N) is 3. The molecule has 0 bridgehead atoms. The highest BCUT2D eigenvalue weighted by Gasteiger charge is 2.22. The molecule has 5 nitrogen and oxygen atoms in total. The highest BCUT2D eigenvalue weighted by molar-refractivity contribution is 6.07. The van der Waals surface area contributed by atoms with Gasteiger partial charge >= 0.3 is 0 Å². The zero-order valence-corrected chi connectivity index (χ0v) is 16.8. The Hall–Kier alpha value is -2.66. The van der Waals surface area contributed by atoms with Gasteiger partial charge in [-0.1, -0.05) is 45.0 Å². The number of hydrogen-bond acceptors (Lipinski definition) is 3.